The molecule has 0 unspecified atom stereocenters. The van der Waals surface area contributed by atoms with Crippen molar-refractivity contribution in [1.29, 1.82) is 0 Å². The lowest BCUT2D eigenvalue weighted by atomic mass is 10.1. The third kappa shape index (κ3) is 4.13. The Labute approximate surface area is 105 Å². The Morgan fingerprint density at radius 3 is 2.53 bits per heavy atom. The van der Waals surface area contributed by atoms with Crippen molar-refractivity contribution in [2.24, 2.45) is 0 Å². The lowest BCUT2D eigenvalue weighted by Crippen LogP contribution is -2.26. The van der Waals surface area contributed by atoms with Crippen LogP contribution in [0, 0.1) is 0 Å². The monoisotopic (exact) mass is 289 g/mol. The molecule has 1 nitrogen and oxygen atoms in total. The van der Waals surface area contributed by atoms with E-state index >= 15 is 0 Å². The van der Waals surface area contributed by atoms with Crippen molar-refractivity contribution in [2.45, 2.75) is 39.3 Å². The van der Waals surface area contributed by atoms with Crippen LogP contribution in [-0.4, -0.2) is 6.04 Å². The fourth-order valence-electron chi connectivity index (χ4n) is 1.49. The van der Waals surface area contributed by atoms with Crippen LogP contribution in [0.15, 0.2) is 22.7 Å². The Hall–Kier alpha value is -0.0500. The van der Waals surface area contributed by atoms with Gasteiger partial charge in [0.25, 0.3) is 0 Å². The van der Waals surface area contributed by atoms with Crippen molar-refractivity contribution in [3.05, 3.63) is 33.3 Å². The van der Waals surface area contributed by atoms with E-state index < -0.39 is 0 Å². The van der Waals surface area contributed by atoms with E-state index in [1.807, 2.05) is 6.07 Å². The second kappa shape index (κ2) is 6.51. The van der Waals surface area contributed by atoms with Gasteiger partial charge < -0.3 is 5.32 Å². The van der Waals surface area contributed by atoms with Gasteiger partial charge in [0, 0.05) is 17.1 Å². The molecule has 3 heteroatoms. The smallest absolute Gasteiger partial charge is 0.0548 e. The largest absolute Gasteiger partial charge is 0.310 e. The lowest BCUT2D eigenvalue weighted by Gasteiger charge is -2.14. The molecule has 1 N–H and O–H groups in total. The molecule has 0 saturated heterocycles. The molecule has 0 aliphatic rings. The summed E-state index contributed by atoms with van der Waals surface area (Å²) in [7, 11) is 0. The predicted molar refractivity (Wildman–Crippen MR) is 70.4 cm³/mol. The molecule has 1 rings (SSSR count). The van der Waals surface area contributed by atoms with E-state index in [0.29, 0.717) is 6.04 Å². The van der Waals surface area contributed by atoms with Gasteiger partial charge in [0.15, 0.2) is 0 Å². The Kier molecular flexibility index (Phi) is 5.65. The van der Waals surface area contributed by atoms with Gasteiger partial charge >= 0.3 is 0 Å². The third-order valence-corrected chi connectivity index (χ3v) is 3.78. The number of benzene rings is 1. The maximum Gasteiger partial charge on any atom is 0.0548 e. The fraction of sp³-hybridized carbons (Fsp3) is 0.500. The summed E-state index contributed by atoms with van der Waals surface area (Å²) in [4.78, 5) is 0. The molecule has 0 fully saturated rings. The van der Waals surface area contributed by atoms with E-state index in [9.17, 15) is 0 Å². The van der Waals surface area contributed by atoms with Crippen LogP contribution in [0.4, 0.5) is 0 Å². The highest BCUT2D eigenvalue weighted by molar-refractivity contribution is 9.10. The zero-order valence-corrected chi connectivity index (χ0v) is 11.5. The van der Waals surface area contributed by atoms with Crippen LogP contribution in [-0.2, 0) is 6.54 Å². The zero-order chi connectivity index (χ0) is 11.3. The molecule has 0 radical (unpaired) electrons. The Morgan fingerprint density at radius 1 is 1.33 bits per heavy atom. The molecule has 1 aromatic rings. The van der Waals surface area contributed by atoms with Crippen LogP contribution < -0.4 is 5.32 Å². The summed E-state index contributed by atoms with van der Waals surface area (Å²) in [5, 5.41) is 4.28. The summed E-state index contributed by atoms with van der Waals surface area (Å²) in [5.41, 5.74) is 1.26. The maximum absolute atomic E-state index is 5.93. The average Bonchev–Trinajstić information content (AvgIpc) is 2.24. The van der Waals surface area contributed by atoms with Gasteiger partial charge in [0.1, 0.15) is 0 Å². The highest BCUT2D eigenvalue weighted by Gasteiger charge is 2.03. The number of rotatable bonds is 5. The van der Waals surface area contributed by atoms with Gasteiger partial charge in [-0.25, -0.2) is 0 Å². The second-order valence-electron chi connectivity index (χ2n) is 3.64. The van der Waals surface area contributed by atoms with Gasteiger partial charge in [-0.2, -0.15) is 0 Å². The van der Waals surface area contributed by atoms with E-state index in [1.165, 1.54) is 18.4 Å². The first-order chi connectivity index (χ1) is 7.17. The van der Waals surface area contributed by atoms with Gasteiger partial charge in [-0.15, -0.1) is 0 Å². The molecule has 0 atom stereocenters. The summed E-state index contributed by atoms with van der Waals surface area (Å²) < 4.78 is 0.966. The first-order valence-electron chi connectivity index (χ1n) is 5.34. The third-order valence-electron chi connectivity index (χ3n) is 2.56. The van der Waals surface area contributed by atoms with Crippen molar-refractivity contribution in [2.75, 3.05) is 0 Å². The normalized spacial score (nSPS) is 11.0. The number of hydrogen-bond donors (Lipinski definition) is 1. The number of nitrogens with one attached hydrogen (secondary N) is 1. The van der Waals surface area contributed by atoms with Crippen molar-refractivity contribution >= 4 is 27.5 Å². The minimum atomic E-state index is 0.611. The molecule has 0 saturated carbocycles. The minimum Gasteiger partial charge on any atom is -0.310 e. The van der Waals surface area contributed by atoms with Crippen molar-refractivity contribution in [3.8, 4) is 0 Å². The van der Waals surface area contributed by atoms with Crippen LogP contribution >= 0.6 is 27.5 Å². The number of hydrogen-bond acceptors (Lipinski definition) is 1. The van der Waals surface area contributed by atoms with Gasteiger partial charge in [-0.1, -0.05) is 31.5 Å². The second-order valence-corrected chi connectivity index (χ2v) is 4.90. The Balaban J connectivity index is 2.54. The molecule has 15 heavy (non-hydrogen) atoms. The molecular formula is C12H17BrClN. The topological polar surface area (TPSA) is 12.0 Å². The van der Waals surface area contributed by atoms with Crippen LogP contribution in [0.2, 0.25) is 5.02 Å². The van der Waals surface area contributed by atoms with Crippen LogP contribution in [0.3, 0.4) is 0 Å². The maximum atomic E-state index is 5.93. The lowest BCUT2D eigenvalue weighted by molar-refractivity contribution is 0.484. The summed E-state index contributed by atoms with van der Waals surface area (Å²) in [5.74, 6) is 0. The van der Waals surface area contributed by atoms with Crippen LogP contribution in [0.1, 0.15) is 32.3 Å². The first kappa shape index (κ1) is 13.0. The first-order valence-corrected chi connectivity index (χ1v) is 6.51. The van der Waals surface area contributed by atoms with E-state index in [1.54, 1.807) is 0 Å². The fourth-order valence-corrected chi connectivity index (χ4v) is 2.03. The molecular weight excluding hydrogens is 273 g/mol. The minimum absolute atomic E-state index is 0.611. The zero-order valence-electron chi connectivity index (χ0n) is 9.19. The SMILES string of the molecule is CCC(CC)NCc1ccc(Cl)c(Br)c1. The van der Waals surface area contributed by atoms with E-state index in [0.717, 1.165) is 16.0 Å². The molecule has 84 valence electrons. The molecule has 0 spiro atoms. The van der Waals surface area contributed by atoms with E-state index in [4.69, 9.17) is 11.6 Å². The summed E-state index contributed by atoms with van der Waals surface area (Å²) in [6.07, 6.45) is 2.34. The predicted octanol–water partition coefficient (Wildman–Crippen LogP) is 4.38. The summed E-state index contributed by atoms with van der Waals surface area (Å²) in [6.45, 7) is 5.32. The van der Waals surface area contributed by atoms with E-state index in [-0.39, 0.29) is 0 Å². The molecule has 1 aromatic carbocycles. The molecule has 0 bridgehead atoms. The Bertz CT molecular complexity index is 310. The summed E-state index contributed by atoms with van der Waals surface area (Å²) >= 11 is 9.36. The average molecular weight is 291 g/mol. The highest BCUT2D eigenvalue weighted by atomic mass is 79.9. The van der Waals surface area contributed by atoms with Crippen LogP contribution in [0.25, 0.3) is 0 Å². The van der Waals surface area contributed by atoms with Gasteiger partial charge in [-0.3, -0.25) is 0 Å². The van der Waals surface area contributed by atoms with Crippen molar-refractivity contribution in [3.63, 3.8) is 0 Å². The quantitative estimate of drug-likeness (QED) is 0.848. The standard InChI is InChI=1S/C12H17BrClN/c1-3-10(4-2)15-8-9-5-6-12(14)11(13)7-9/h5-7,10,15H,3-4,8H2,1-2H3. The van der Waals surface area contributed by atoms with Gasteiger partial charge in [0.05, 0.1) is 5.02 Å². The molecule has 0 amide bonds. The van der Waals surface area contributed by atoms with Gasteiger partial charge in [-0.05, 0) is 46.5 Å². The molecule has 0 aliphatic heterocycles. The van der Waals surface area contributed by atoms with E-state index in [2.05, 4.69) is 47.2 Å². The number of halogens is 2. The molecule has 0 heterocycles. The molecule has 0 aliphatic carbocycles. The van der Waals surface area contributed by atoms with Crippen LogP contribution in [0.5, 0.6) is 0 Å². The van der Waals surface area contributed by atoms with Gasteiger partial charge in [0.2, 0.25) is 0 Å². The summed E-state index contributed by atoms with van der Waals surface area (Å²) in [6, 6.07) is 6.66. The van der Waals surface area contributed by atoms with Crippen molar-refractivity contribution < 1.29 is 0 Å². The van der Waals surface area contributed by atoms with Crippen molar-refractivity contribution in [1.82, 2.24) is 5.32 Å². The molecule has 0 aromatic heterocycles. The highest BCUT2D eigenvalue weighted by Crippen LogP contribution is 2.23. The Morgan fingerprint density at radius 2 is 2.00 bits per heavy atom.